The molecule has 2 rings (SSSR count). The van der Waals surface area contributed by atoms with E-state index in [0.717, 1.165) is 17.7 Å². The number of ether oxygens (including phenoxy) is 1. The highest BCUT2D eigenvalue weighted by Gasteiger charge is 2.13. The maximum absolute atomic E-state index is 6.21. The van der Waals surface area contributed by atoms with E-state index >= 15 is 0 Å². The number of hydrogen-bond donors (Lipinski definition) is 1. The maximum atomic E-state index is 6.21. The average Bonchev–Trinajstić information content (AvgIpc) is 2.48. The minimum atomic E-state index is -0.163. The summed E-state index contributed by atoms with van der Waals surface area (Å²) in [5.74, 6) is 0.583. The zero-order valence-electron chi connectivity index (χ0n) is 11.3. The molecule has 0 spiro atoms. The van der Waals surface area contributed by atoms with E-state index in [2.05, 4.69) is 23.0 Å². The summed E-state index contributed by atoms with van der Waals surface area (Å²) in [4.78, 5) is 8.59. The van der Waals surface area contributed by atoms with Gasteiger partial charge in [0.15, 0.2) is 0 Å². The Bertz CT molecular complexity index is 525. The molecule has 2 heterocycles. The number of hydrogen-bond acceptors (Lipinski definition) is 4. The first-order chi connectivity index (χ1) is 9.24. The van der Waals surface area contributed by atoms with Gasteiger partial charge in [0.2, 0.25) is 5.88 Å². The molecule has 100 valence electrons. The predicted molar refractivity (Wildman–Crippen MR) is 75.0 cm³/mol. The van der Waals surface area contributed by atoms with Crippen LogP contribution in [0.5, 0.6) is 5.88 Å². The van der Waals surface area contributed by atoms with Crippen molar-refractivity contribution in [3.05, 3.63) is 53.5 Å². The zero-order chi connectivity index (χ0) is 13.7. The molecule has 19 heavy (non-hydrogen) atoms. The molecule has 0 radical (unpaired) electrons. The van der Waals surface area contributed by atoms with Gasteiger partial charge in [-0.25, -0.2) is 4.98 Å². The van der Waals surface area contributed by atoms with Crippen LogP contribution in [0.2, 0.25) is 0 Å². The number of rotatable bonds is 5. The van der Waals surface area contributed by atoms with Crippen LogP contribution in [0, 0.1) is 0 Å². The fourth-order valence-electron chi connectivity index (χ4n) is 1.98. The number of nitrogens with two attached hydrogens (primary N) is 1. The first-order valence-corrected chi connectivity index (χ1v) is 6.43. The molecule has 0 bridgehead atoms. The summed E-state index contributed by atoms with van der Waals surface area (Å²) in [6.07, 6.45) is 5.27. The predicted octanol–water partition coefficient (Wildman–Crippen LogP) is 2.29. The molecule has 2 aromatic heterocycles. The Balaban J connectivity index is 2.13. The van der Waals surface area contributed by atoms with Crippen molar-refractivity contribution < 1.29 is 4.74 Å². The van der Waals surface area contributed by atoms with Crippen molar-refractivity contribution in [3.63, 3.8) is 0 Å². The van der Waals surface area contributed by atoms with Gasteiger partial charge in [-0.05, 0) is 24.1 Å². The van der Waals surface area contributed by atoms with Crippen LogP contribution in [-0.2, 0) is 12.8 Å². The van der Waals surface area contributed by atoms with Gasteiger partial charge >= 0.3 is 0 Å². The Morgan fingerprint density at radius 2 is 2.11 bits per heavy atom. The highest BCUT2D eigenvalue weighted by Crippen LogP contribution is 2.22. The van der Waals surface area contributed by atoms with Crippen LogP contribution in [-0.4, -0.2) is 17.1 Å². The van der Waals surface area contributed by atoms with E-state index < -0.39 is 0 Å². The summed E-state index contributed by atoms with van der Waals surface area (Å²) in [6.45, 7) is 2.11. The third-order valence-corrected chi connectivity index (χ3v) is 3.12. The summed E-state index contributed by atoms with van der Waals surface area (Å²) < 4.78 is 5.23. The fourth-order valence-corrected chi connectivity index (χ4v) is 1.98. The van der Waals surface area contributed by atoms with Gasteiger partial charge in [0.05, 0.1) is 7.11 Å². The van der Waals surface area contributed by atoms with Crippen molar-refractivity contribution in [2.45, 2.75) is 25.8 Å². The third-order valence-electron chi connectivity index (χ3n) is 3.12. The molecule has 4 heteroatoms. The number of pyridine rings is 2. The first-order valence-electron chi connectivity index (χ1n) is 6.43. The monoisotopic (exact) mass is 257 g/mol. The van der Waals surface area contributed by atoms with Gasteiger partial charge in [-0.2, -0.15) is 0 Å². The molecule has 1 atom stereocenters. The van der Waals surface area contributed by atoms with Gasteiger partial charge in [-0.15, -0.1) is 0 Å². The van der Waals surface area contributed by atoms with Crippen molar-refractivity contribution in [1.82, 2.24) is 9.97 Å². The lowest BCUT2D eigenvalue weighted by Crippen LogP contribution is -2.15. The smallest absolute Gasteiger partial charge is 0.217 e. The van der Waals surface area contributed by atoms with Crippen molar-refractivity contribution in [2.75, 3.05) is 7.11 Å². The molecule has 0 aliphatic carbocycles. The minimum Gasteiger partial charge on any atom is -0.481 e. The third kappa shape index (κ3) is 3.29. The molecule has 0 aliphatic heterocycles. The Morgan fingerprint density at radius 1 is 1.26 bits per heavy atom. The van der Waals surface area contributed by atoms with Crippen molar-refractivity contribution in [3.8, 4) is 5.88 Å². The molecule has 2 aromatic rings. The first kappa shape index (κ1) is 13.5. The standard InChI is InChI=1S/C15H19N3O/c1-3-11-6-7-12(18-10-11)9-14(16)13-5-4-8-17-15(13)19-2/h4-8,10,14H,3,9,16H2,1-2H3. The SMILES string of the molecule is CCc1ccc(CC(N)c2cccnc2OC)nc1. The molecule has 4 nitrogen and oxygen atoms in total. The van der Waals surface area contributed by atoms with Gasteiger partial charge in [0.1, 0.15) is 0 Å². The molecule has 2 N–H and O–H groups in total. The second kappa shape index (κ2) is 6.29. The van der Waals surface area contributed by atoms with E-state index in [1.807, 2.05) is 24.4 Å². The van der Waals surface area contributed by atoms with E-state index in [-0.39, 0.29) is 6.04 Å². The molecular weight excluding hydrogens is 238 g/mol. The van der Waals surface area contributed by atoms with Gasteiger partial charge < -0.3 is 10.5 Å². The Labute approximate surface area is 113 Å². The van der Waals surface area contributed by atoms with Gasteiger partial charge in [0, 0.05) is 36.1 Å². The van der Waals surface area contributed by atoms with Crippen molar-refractivity contribution in [2.24, 2.45) is 5.73 Å². The van der Waals surface area contributed by atoms with Gasteiger partial charge in [-0.3, -0.25) is 4.98 Å². The molecule has 1 unspecified atom stereocenters. The van der Waals surface area contributed by atoms with Gasteiger partial charge in [-0.1, -0.05) is 19.1 Å². The minimum absolute atomic E-state index is 0.163. The summed E-state index contributed by atoms with van der Waals surface area (Å²) in [6, 6.07) is 7.77. The highest BCUT2D eigenvalue weighted by molar-refractivity contribution is 5.30. The Morgan fingerprint density at radius 3 is 2.74 bits per heavy atom. The van der Waals surface area contributed by atoms with E-state index in [1.54, 1.807) is 13.3 Å². The second-order valence-electron chi connectivity index (χ2n) is 4.42. The number of nitrogens with zero attached hydrogens (tertiary/aromatic N) is 2. The fraction of sp³-hybridized carbons (Fsp3) is 0.333. The number of aromatic nitrogens is 2. The van der Waals surface area contributed by atoms with Gasteiger partial charge in [0.25, 0.3) is 0 Å². The van der Waals surface area contributed by atoms with Crippen LogP contribution in [0.15, 0.2) is 36.7 Å². The van der Waals surface area contributed by atoms with Crippen LogP contribution in [0.3, 0.4) is 0 Å². The van der Waals surface area contributed by atoms with Crippen LogP contribution < -0.4 is 10.5 Å². The van der Waals surface area contributed by atoms with Crippen LogP contribution in [0.4, 0.5) is 0 Å². The molecule has 0 amide bonds. The average molecular weight is 257 g/mol. The molecule has 0 fully saturated rings. The summed E-state index contributed by atoms with van der Waals surface area (Å²) in [7, 11) is 1.60. The van der Waals surface area contributed by atoms with Crippen LogP contribution in [0.25, 0.3) is 0 Å². The molecule has 0 saturated carbocycles. The molecule has 0 aromatic carbocycles. The normalized spacial score (nSPS) is 12.2. The summed E-state index contributed by atoms with van der Waals surface area (Å²) >= 11 is 0. The molecule has 0 saturated heterocycles. The number of methoxy groups -OCH3 is 1. The number of aryl methyl sites for hydroxylation is 1. The maximum Gasteiger partial charge on any atom is 0.217 e. The Kier molecular flexibility index (Phi) is 4.47. The van der Waals surface area contributed by atoms with Crippen molar-refractivity contribution in [1.29, 1.82) is 0 Å². The lowest BCUT2D eigenvalue weighted by molar-refractivity contribution is 0.388. The summed E-state index contributed by atoms with van der Waals surface area (Å²) in [5, 5.41) is 0. The molecular formula is C15H19N3O. The van der Waals surface area contributed by atoms with Crippen LogP contribution >= 0.6 is 0 Å². The highest BCUT2D eigenvalue weighted by atomic mass is 16.5. The lowest BCUT2D eigenvalue weighted by atomic mass is 10.0. The van der Waals surface area contributed by atoms with E-state index in [1.165, 1.54) is 5.56 Å². The Hall–Kier alpha value is -1.94. The van der Waals surface area contributed by atoms with E-state index in [0.29, 0.717) is 12.3 Å². The zero-order valence-corrected chi connectivity index (χ0v) is 11.3. The quantitative estimate of drug-likeness (QED) is 0.892. The summed E-state index contributed by atoms with van der Waals surface area (Å²) in [5.41, 5.74) is 9.34. The largest absolute Gasteiger partial charge is 0.481 e. The topological polar surface area (TPSA) is 61.0 Å². The van der Waals surface area contributed by atoms with E-state index in [9.17, 15) is 0 Å². The lowest BCUT2D eigenvalue weighted by Gasteiger charge is -2.14. The second-order valence-corrected chi connectivity index (χ2v) is 4.42. The molecule has 0 aliphatic rings. The van der Waals surface area contributed by atoms with Crippen molar-refractivity contribution >= 4 is 0 Å². The van der Waals surface area contributed by atoms with Crippen LogP contribution in [0.1, 0.15) is 29.8 Å². The van der Waals surface area contributed by atoms with E-state index in [4.69, 9.17) is 10.5 Å².